The van der Waals surface area contributed by atoms with Crippen molar-refractivity contribution in [2.75, 3.05) is 5.32 Å². The van der Waals surface area contributed by atoms with Gasteiger partial charge < -0.3 is 10.1 Å². The van der Waals surface area contributed by atoms with Gasteiger partial charge in [-0.3, -0.25) is 9.78 Å². The van der Waals surface area contributed by atoms with Gasteiger partial charge in [0.25, 0.3) is 5.91 Å². The van der Waals surface area contributed by atoms with Gasteiger partial charge >= 0.3 is 0 Å². The van der Waals surface area contributed by atoms with Gasteiger partial charge in [-0.2, -0.15) is 5.26 Å². The molecule has 162 valence electrons. The molecule has 0 aliphatic carbocycles. The van der Waals surface area contributed by atoms with Crippen LogP contribution in [0.1, 0.15) is 27.0 Å². The molecular formula is C27H21N3O2S. The number of anilines is 1. The van der Waals surface area contributed by atoms with Gasteiger partial charge in [0.2, 0.25) is 0 Å². The second kappa shape index (κ2) is 11.0. The van der Waals surface area contributed by atoms with E-state index < -0.39 is 0 Å². The number of ether oxygens (including phenoxy) is 1. The molecule has 0 unspecified atom stereocenters. The summed E-state index contributed by atoms with van der Waals surface area (Å²) in [5.74, 6) is 1.19. The minimum Gasteiger partial charge on any atom is -0.489 e. The lowest BCUT2D eigenvalue weighted by molar-refractivity contribution is 0.102. The molecule has 0 atom stereocenters. The number of nitriles is 1. The fraction of sp³-hybridized carbons (Fsp3) is 0.0741. The lowest BCUT2D eigenvalue weighted by Crippen LogP contribution is -2.12. The van der Waals surface area contributed by atoms with Crippen molar-refractivity contribution in [1.29, 1.82) is 5.26 Å². The summed E-state index contributed by atoms with van der Waals surface area (Å²) in [6, 6.07) is 28.2. The number of amides is 1. The molecule has 0 fully saturated rings. The van der Waals surface area contributed by atoms with E-state index in [1.807, 2.05) is 54.7 Å². The largest absolute Gasteiger partial charge is 0.489 e. The molecule has 1 heterocycles. The minimum absolute atomic E-state index is 0.214. The van der Waals surface area contributed by atoms with Crippen LogP contribution in [-0.4, -0.2) is 10.9 Å². The molecule has 4 rings (SSSR count). The van der Waals surface area contributed by atoms with Gasteiger partial charge in [0.1, 0.15) is 12.4 Å². The smallest absolute Gasteiger partial charge is 0.255 e. The highest BCUT2D eigenvalue weighted by molar-refractivity contribution is 7.98. The Labute approximate surface area is 197 Å². The van der Waals surface area contributed by atoms with Crippen molar-refractivity contribution in [3.05, 3.63) is 120 Å². The summed E-state index contributed by atoms with van der Waals surface area (Å²) in [6.45, 7) is 0.257. The number of carbonyl (C=O) groups excluding carboxylic acids is 1. The van der Waals surface area contributed by atoms with E-state index in [0.717, 1.165) is 27.5 Å². The van der Waals surface area contributed by atoms with Crippen LogP contribution in [0.2, 0.25) is 0 Å². The first kappa shape index (κ1) is 22.1. The topological polar surface area (TPSA) is 75.0 Å². The van der Waals surface area contributed by atoms with Crippen LogP contribution in [0.5, 0.6) is 5.75 Å². The van der Waals surface area contributed by atoms with E-state index in [2.05, 4.69) is 22.4 Å². The van der Waals surface area contributed by atoms with Crippen molar-refractivity contribution in [3.8, 4) is 11.8 Å². The van der Waals surface area contributed by atoms with Crippen molar-refractivity contribution >= 4 is 23.4 Å². The number of hydrogen-bond donors (Lipinski definition) is 1. The zero-order valence-electron chi connectivity index (χ0n) is 17.8. The molecule has 5 nitrogen and oxygen atoms in total. The molecule has 33 heavy (non-hydrogen) atoms. The Bertz CT molecular complexity index is 1270. The SMILES string of the molecule is N#Cc1ccccc1COc1cccc(C(=O)Nc2ccc(SCc3cccnc3)cc2)c1. The fourth-order valence-electron chi connectivity index (χ4n) is 3.13. The molecule has 4 aromatic rings. The average Bonchev–Trinajstić information content (AvgIpc) is 2.88. The molecule has 1 aromatic heterocycles. The second-order valence-corrected chi connectivity index (χ2v) is 8.26. The molecule has 0 saturated carbocycles. The van der Waals surface area contributed by atoms with Crippen LogP contribution < -0.4 is 10.1 Å². The van der Waals surface area contributed by atoms with Crippen LogP contribution in [0.3, 0.4) is 0 Å². The van der Waals surface area contributed by atoms with E-state index >= 15 is 0 Å². The summed E-state index contributed by atoms with van der Waals surface area (Å²) < 4.78 is 5.82. The monoisotopic (exact) mass is 451 g/mol. The molecule has 0 saturated heterocycles. The molecule has 1 amide bonds. The van der Waals surface area contributed by atoms with Gasteiger partial charge in [-0.15, -0.1) is 11.8 Å². The predicted molar refractivity (Wildman–Crippen MR) is 130 cm³/mol. The fourth-order valence-corrected chi connectivity index (χ4v) is 3.96. The van der Waals surface area contributed by atoms with Crippen LogP contribution >= 0.6 is 11.8 Å². The van der Waals surface area contributed by atoms with Crippen molar-refractivity contribution in [2.24, 2.45) is 0 Å². The highest BCUT2D eigenvalue weighted by Crippen LogP contribution is 2.24. The summed E-state index contributed by atoms with van der Waals surface area (Å²) in [6.07, 6.45) is 3.63. The highest BCUT2D eigenvalue weighted by atomic mass is 32.2. The number of aromatic nitrogens is 1. The number of pyridine rings is 1. The van der Waals surface area contributed by atoms with E-state index in [-0.39, 0.29) is 12.5 Å². The van der Waals surface area contributed by atoms with Crippen LogP contribution in [0.4, 0.5) is 5.69 Å². The molecular weight excluding hydrogens is 430 g/mol. The van der Waals surface area contributed by atoms with Gasteiger partial charge in [-0.05, 0) is 60.2 Å². The van der Waals surface area contributed by atoms with Gasteiger partial charge in [-0.1, -0.05) is 30.3 Å². The highest BCUT2D eigenvalue weighted by Gasteiger charge is 2.09. The van der Waals surface area contributed by atoms with Crippen LogP contribution in [-0.2, 0) is 12.4 Å². The first-order valence-electron chi connectivity index (χ1n) is 10.4. The maximum absolute atomic E-state index is 12.7. The number of nitrogens with zero attached hydrogens (tertiary/aromatic N) is 2. The number of nitrogens with one attached hydrogen (secondary N) is 1. The Morgan fingerprint density at radius 3 is 2.64 bits per heavy atom. The van der Waals surface area contributed by atoms with E-state index in [1.165, 1.54) is 0 Å². The Morgan fingerprint density at radius 2 is 1.85 bits per heavy atom. The van der Waals surface area contributed by atoms with Crippen molar-refractivity contribution in [3.63, 3.8) is 0 Å². The van der Waals surface area contributed by atoms with E-state index in [4.69, 9.17) is 4.74 Å². The number of rotatable bonds is 8. The zero-order chi connectivity index (χ0) is 22.9. The Kier molecular flexibility index (Phi) is 7.36. The third kappa shape index (κ3) is 6.22. The van der Waals surface area contributed by atoms with E-state index in [9.17, 15) is 10.1 Å². The van der Waals surface area contributed by atoms with Gasteiger partial charge in [-0.25, -0.2) is 0 Å². The summed E-state index contributed by atoms with van der Waals surface area (Å²) >= 11 is 1.72. The van der Waals surface area contributed by atoms with Gasteiger partial charge in [0.15, 0.2) is 0 Å². The molecule has 6 heteroatoms. The van der Waals surface area contributed by atoms with Crippen molar-refractivity contribution < 1.29 is 9.53 Å². The number of thioether (sulfide) groups is 1. The lowest BCUT2D eigenvalue weighted by atomic mass is 10.1. The molecule has 0 radical (unpaired) electrons. The van der Waals surface area contributed by atoms with E-state index in [1.54, 1.807) is 48.3 Å². The van der Waals surface area contributed by atoms with Crippen molar-refractivity contribution in [1.82, 2.24) is 4.98 Å². The maximum Gasteiger partial charge on any atom is 0.255 e. The standard InChI is InChI=1S/C27H21N3O2S/c28-16-22-6-1-2-7-23(22)18-32-25-9-3-8-21(15-25)27(31)30-24-10-12-26(13-11-24)33-19-20-5-4-14-29-17-20/h1-15,17H,18-19H2,(H,30,31). The summed E-state index contributed by atoms with van der Waals surface area (Å²) in [5, 5.41) is 12.1. The lowest BCUT2D eigenvalue weighted by Gasteiger charge is -2.10. The second-order valence-electron chi connectivity index (χ2n) is 7.21. The maximum atomic E-state index is 12.7. The van der Waals surface area contributed by atoms with Crippen LogP contribution in [0.25, 0.3) is 0 Å². The van der Waals surface area contributed by atoms with E-state index in [0.29, 0.717) is 16.9 Å². The first-order valence-corrected chi connectivity index (χ1v) is 11.3. The average molecular weight is 452 g/mol. The van der Waals surface area contributed by atoms with Gasteiger partial charge in [0, 0.05) is 39.9 Å². The number of carbonyl (C=O) groups is 1. The number of hydrogen-bond acceptors (Lipinski definition) is 5. The quantitative estimate of drug-likeness (QED) is 0.329. The molecule has 1 N–H and O–H groups in total. The summed E-state index contributed by atoms with van der Waals surface area (Å²) in [5.41, 5.74) is 3.76. The molecule has 3 aromatic carbocycles. The molecule has 0 aliphatic rings. The summed E-state index contributed by atoms with van der Waals surface area (Å²) in [4.78, 5) is 18.0. The van der Waals surface area contributed by atoms with Crippen LogP contribution in [0.15, 0.2) is 102 Å². The number of benzene rings is 3. The zero-order valence-corrected chi connectivity index (χ0v) is 18.6. The predicted octanol–water partition coefficient (Wildman–Crippen LogP) is 6.08. The molecule has 0 aliphatic heterocycles. The molecule has 0 spiro atoms. The van der Waals surface area contributed by atoms with Gasteiger partial charge in [0.05, 0.1) is 11.6 Å². The Hall–Kier alpha value is -4.08. The van der Waals surface area contributed by atoms with Crippen LogP contribution in [0, 0.1) is 11.3 Å². The summed E-state index contributed by atoms with van der Waals surface area (Å²) in [7, 11) is 0. The first-order chi connectivity index (χ1) is 16.2. The third-order valence-corrected chi connectivity index (χ3v) is 5.95. The molecule has 0 bridgehead atoms. The third-order valence-electron chi connectivity index (χ3n) is 4.87. The Balaban J connectivity index is 1.34. The Morgan fingerprint density at radius 1 is 1.00 bits per heavy atom. The minimum atomic E-state index is -0.214. The normalized spacial score (nSPS) is 10.3. The van der Waals surface area contributed by atoms with Crippen molar-refractivity contribution in [2.45, 2.75) is 17.3 Å².